The Labute approximate surface area is 116 Å². The van der Waals surface area contributed by atoms with E-state index in [9.17, 15) is 4.39 Å². The Morgan fingerprint density at radius 3 is 2.84 bits per heavy atom. The highest BCUT2D eigenvalue weighted by Crippen LogP contribution is 2.13. The third-order valence-electron chi connectivity index (χ3n) is 3.30. The topological polar surface area (TPSA) is 21.3 Å². The summed E-state index contributed by atoms with van der Waals surface area (Å²) in [6, 6.07) is 6.51. The van der Waals surface area contributed by atoms with E-state index in [1.54, 1.807) is 6.07 Å². The lowest BCUT2D eigenvalue weighted by atomic mass is 10.0. The van der Waals surface area contributed by atoms with Gasteiger partial charge in [-0.25, -0.2) is 4.39 Å². The summed E-state index contributed by atoms with van der Waals surface area (Å²) in [5, 5.41) is 3.16. The van der Waals surface area contributed by atoms with Gasteiger partial charge in [0, 0.05) is 18.8 Å². The molecule has 108 valence electrons. The van der Waals surface area contributed by atoms with Crippen LogP contribution in [0.5, 0.6) is 0 Å². The van der Waals surface area contributed by atoms with E-state index >= 15 is 0 Å². The van der Waals surface area contributed by atoms with Gasteiger partial charge < -0.3 is 10.1 Å². The zero-order chi connectivity index (χ0) is 13.9. The maximum Gasteiger partial charge on any atom is 0.125 e. The molecule has 0 bridgehead atoms. The molecule has 1 N–H and O–H groups in total. The Kier molecular flexibility index (Phi) is 8.23. The van der Waals surface area contributed by atoms with Gasteiger partial charge >= 0.3 is 0 Å². The van der Waals surface area contributed by atoms with Crippen LogP contribution in [0.25, 0.3) is 0 Å². The van der Waals surface area contributed by atoms with E-state index in [-0.39, 0.29) is 5.82 Å². The van der Waals surface area contributed by atoms with E-state index in [0.29, 0.717) is 19.1 Å². The number of hydrogen-bond acceptors (Lipinski definition) is 2. The summed E-state index contributed by atoms with van der Waals surface area (Å²) >= 11 is 0. The predicted molar refractivity (Wildman–Crippen MR) is 79.0 cm³/mol. The molecule has 1 unspecified atom stereocenters. The highest BCUT2D eigenvalue weighted by molar-refractivity contribution is 5.42. The van der Waals surface area contributed by atoms with Crippen LogP contribution in [0.1, 0.15) is 39.5 Å². The summed E-state index contributed by atoms with van der Waals surface area (Å²) in [4.78, 5) is 0. The first-order valence-electron chi connectivity index (χ1n) is 7.33. The summed E-state index contributed by atoms with van der Waals surface area (Å²) in [7, 11) is 0. The summed E-state index contributed by atoms with van der Waals surface area (Å²) in [6.07, 6.45) is 4.96. The molecule has 0 saturated heterocycles. The molecule has 1 atom stereocenters. The molecule has 3 heteroatoms. The van der Waals surface area contributed by atoms with E-state index in [1.807, 2.05) is 6.07 Å². The van der Waals surface area contributed by atoms with E-state index in [1.165, 1.54) is 37.8 Å². The monoisotopic (exact) mass is 267 g/mol. The second kappa shape index (κ2) is 9.79. The third-order valence-corrected chi connectivity index (χ3v) is 3.30. The van der Waals surface area contributed by atoms with Crippen LogP contribution in [0.15, 0.2) is 24.3 Å². The highest BCUT2D eigenvalue weighted by Gasteiger charge is 2.05. The second-order valence-corrected chi connectivity index (χ2v) is 4.93. The number of ether oxygens (including phenoxy) is 1. The standard InChI is InChI=1S/C16H26FNO/c1-3-5-7-14(4-2)13-19-11-10-18-16-9-6-8-15(17)12-16/h6,8-9,12,14,18H,3-5,7,10-11,13H2,1-2H3. The third kappa shape index (κ3) is 7.16. The molecule has 1 aromatic carbocycles. The van der Waals surface area contributed by atoms with Crippen molar-refractivity contribution in [2.45, 2.75) is 39.5 Å². The lowest BCUT2D eigenvalue weighted by Crippen LogP contribution is -2.14. The van der Waals surface area contributed by atoms with Crippen molar-refractivity contribution in [2.24, 2.45) is 5.92 Å². The SMILES string of the molecule is CCCCC(CC)COCCNc1cccc(F)c1. The van der Waals surface area contributed by atoms with Crippen molar-refractivity contribution in [3.8, 4) is 0 Å². The Balaban J connectivity index is 2.10. The molecule has 0 aliphatic carbocycles. The van der Waals surface area contributed by atoms with Crippen molar-refractivity contribution in [3.05, 3.63) is 30.1 Å². The van der Waals surface area contributed by atoms with Gasteiger partial charge in [-0.3, -0.25) is 0 Å². The average Bonchev–Trinajstić information content (AvgIpc) is 2.42. The van der Waals surface area contributed by atoms with Crippen molar-refractivity contribution in [3.63, 3.8) is 0 Å². The lowest BCUT2D eigenvalue weighted by Gasteiger charge is -2.15. The number of rotatable bonds is 10. The summed E-state index contributed by atoms with van der Waals surface area (Å²) in [5.41, 5.74) is 0.807. The molecule has 0 radical (unpaired) electrons. The van der Waals surface area contributed by atoms with Crippen LogP contribution < -0.4 is 5.32 Å². The van der Waals surface area contributed by atoms with Gasteiger partial charge in [0.2, 0.25) is 0 Å². The van der Waals surface area contributed by atoms with Crippen molar-refractivity contribution < 1.29 is 9.13 Å². The van der Waals surface area contributed by atoms with Gasteiger partial charge in [-0.1, -0.05) is 39.2 Å². The van der Waals surface area contributed by atoms with Crippen molar-refractivity contribution in [2.75, 3.05) is 25.1 Å². The fourth-order valence-electron chi connectivity index (χ4n) is 2.01. The molecule has 0 amide bonds. The minimum absolute atomic E-state index is 0.212. The minimum Gasteiger partial charge on any atom is -0.383 e. The average molecular weight is 267 g/mol. The fraction of sp³-hybridized carbons (Fsp3) is 0.625. The molecule has 0 aliphatic rings. The molecule has 0 saturated carbocycles. The Bertz CT molecular complexity index is 343. The first kappa shape index (κ1) is 16.0. The smallest absolute Gasteiger partial charge is 0.125 e. The predicted octanol–water partition coefficient (Wildman–Crippen LogP) is 4.47. The second-order valence-electron chi connectivity index (χ2n) is 4.93. The summed E-state index contributed by atoms with van der Waals surface area (Å²) in [5.74, 6) is 0.464. The molecule has 0 spiro atoms. The molecule has 2 nitrogen and oxygen atoms in total. The van der Waals surface area contributed by atoms with Gasteiger partial charge in [-0.05, 0) is 30.5 Å². The number of benzene rings is 1. The molecule has 0 aromatic heterocycles. The van der Waals surface area contributed by atoms with Gasteiger partial charge in [0.05, 0.1) is 6.61 Å². The number of anilines is 1. The number of nitrogens with one attached hydrogen (secondary N) is 1. The fourth-order valence-corrected chi connectivity index (χ4v) is 2.01. The molecule has 0 heterocycles. The van der Waals surface area contributed by atoms with Gasteiger partial charge in [0.25, 0.3) is 0 Å². The van der Waals surface area contributed by atoms with Crippen molar-refractivity contribution in [1.29, 1.82) is 0 Å². The number of hydrogen-bond donors (Lipinski definition) is 1. The molecule has 0 fully saturated rings. The van der Waals surface area contributed by atoms with Gasteiger partial charge in [-0.15, -0.1) is 0 Å². The highest BCUT2D eigenvalue weighted by atomic mass is 19.1. The maximum atomic E-state index is 12.9. The number of halogens is 1. The zero-order valence-electron chi connectivity index (χ0n) is 12.1. The quantitative estimate of drug-likeness (QED) is 0.631. The largest absolute Gasteiger partial charge is 0.383 e. The van der Waals surface area contributed by atoms with Crippen LogP contribution >= 0.6 is 0 Å². The summed E-state index contributed by atoms with van der Waals surface area (Å²) < 4.78 is 18.6. The van der Waals surface area contributed by atoms with Crippen molar-refractivity contribution >= 4 is 5.69 Å². The number of unbranched alkanes of at least 4 members (excludes halogenated alkanes) is 1. The van der Waals surface area contributed by atoms with Crippen LogP contribution in [0, 0.1) is 11.7 Å². The van der Waals surface area contributed by atoms with Gasteiger partial charge in [0.15, 0.2) is 0 Å². The minimum atomic E-state index is -0.212. The maximum absolute atomic E-state index is 12.9. The molecule has 1 rings (SSSR count). The molecule has 19 heavy (non-hydrogen) atoms. The Morgan fingerprint density at radius 1 is 1.32 bits per heavy atom. The normalized spacial score (nSPS) is 12.4. The first-order valence-corrected chi connectivity index (χ1v) is 7.33. The van der Waals surface area contributed by atoms with Gasteiger partial charge in [-0.2, -0.15) is 0 Å². The Morgan fingerprint density at radius 2 is 2.16 bits per heavy atom. The first-order chi connectivity index (χ1) is 9.26. The van der Waals surface area contributed by atoms with E-state index < -0.39 is 0 Å². The summed E-state index contributed by atoms with van der Waals surface area (Å²) in [6.45, 7) is 6.65. The van der Waals surface area contributed by atoms with Crippen LogP contribution in [-0.4, -0.2) is 19.8 Å². The van der Waals surface area contributed by atoms with Crippen molar-refractivity contribution in [1.82, 2.24) is 0 Å². The molecule has 1 aromatic rings. The molecular formula is C16H26FNO. The van der Waals surface area contributed by atoms with E-state index in [4.69, 9.17) is 4.74 Å². The van der Waals surface area contributed by atoms with Crippen LogP contribution in [0.4, 0.5) is 10.1 Å². The molecule has 0 aliphatic heterocycles. The van der Waals surface area contributed by atoms with Gasteiger partial charge in [0.1, 0.15) is 5.82 Å². The molecular weight excluding hydrogens is 241 g/mol. The van der Waals surface area contributed by atoms with Crippen LogP contribution in [-0.2, 0) is 4.74 Å². The van der Waals surface area contributed by atoms with Crippen LogP contribution in [0.2, 0.25) is 0 Å². The van der Waals surface area contributed by atoms with E-state index in [2.05, 4.69) is 19.2 Å². The lowest BCUT2D eigenvalue weighted by molar-refractivity contribution is 0.102. The van der Waals surface area contributed by atoms with E-state index in [0.717, 1.165) is 12.3 Å². The Hall–Kier alpha value is -1.09. The van der Waals surface area contributed by atoms with Crippen LogP contribution in [0.3, 0.4) is 0 Å². The zero-order valence-corrected chi connectivity index (χ0v) is 12.1.